The third-order valence-electron chi connectivity index (χ3n) is 2.62. The molecular formula is C12H18Cl2N2O2S. The molecule has 0 aliphatic heterocycles. The molecule has 0 heterocycles. The topological polar surface area (TPSA) is 72.2 Å². The fourth-order valence-electron chi connectivity index (χ4n) is 1.49. The molecule has 0 atom stereocenters. The van der Waals surface area contributed by atoms with Gasteiger partial charge in [-0.05, 0) is 30.0 Å². The van der Waals surface area contributed by atoms with Crippen LogP contribution < -0.4 is 10.5 Å². The Hall–Kier alpha value is -0.330. The van der Waals surface area contributed by atoms with Crippen LogP contribution >= 0.6 is 23.2 Å². The zero-order valence-corrected chi connectivity index (χ0v) is 13.2. The average Bonchev–Trinajstić information content (AvgIpc) is 2.27. The Bertz CT molecular complexity index is 545. The third kappa shape index (κ3) is 4.61. The van der Waals surface area contributed by atoms with Gasteiger partial charge in [0.25, 0.3) is 0 Å². The highest BCUT2D eigenvalue weighted by atomic mass is 35.5. The number of rotatable bonds is 6. The lowest BCUT2D eigenvalue weighted by Gasteiger charge is -2.11. The largest absolute Gasteiger partial charge is 0.326 e. The van der Waals surface area contributed by atoms with Gasteiger partial charge in [-0.3, -0.25) is 0 Å². The van der Waals surface area contributed by atoms with Crippen molar-refractivity contribution < 1.29 is 8.42 Å². The second kappa shape index (κ2) is 6.90. The van der Waals surface area contributed by atoms with E-state index in [2.05, 4.69) is 4.72 Å². The molecule has 0 aromatic heterocycles. The van der Waals surface area contributed by atoms with Crippen molar-refractivity contribution in [2.24, 2.45) is 11.7 Å². The summed E-state index contributed by atoms with van der Waals surface area (Å²) in [6.45, 7) is 4.58. The molecular weight excluding hydrogens is 307 g/mol. The molecule has 0 radical (unpaired) electrons. The maximum Gasteiger partial charge on any atom is 0.242 e. The summed E-state index contributed by atoms with van der Waals surface area (Å²) < 4.78 is 26.8. The lowest BCUT2D eigenvalue weighted by Crippen LogP contribution is -2.26. The molecule has 19 heavy (non-hydrogen) atoms. The molecule has 0 aliphatic carbocycles. The van der Waals surface area contributed by atoms with Crippen LogP contribution in [0.2, 0.25) is 10.0 Å². The summed E-state index contributed by atoms with van der Waals surface area (Å²) in [4.78, 5) is 0.0165. The summed E-state index contributed by atoms with van der Waals surface area (Å²) in [7, 11) is -3.63. The van der Waals surface area contributed by atoms with Crippen molar-refractivity contribution in [2.75, 3.05) is 6.54 Å². The first-order valence-electron chi connectivity index (χ1n) is 5.95. The van der Waals surface area contributed by atoms with E-state index in [9.17, 15) is 8.42 Å². The van der Waals surface area contributed by atoms with Gasteiger partial charge < -0.3 is 5.73 Å². The van der Waals surface area contributed by atoms with E-state index in [4.69, 9.17) is 28.9 Å². The number of nitrogens with one attached hydrogen (secondary N) is 1. The van der Waals surface area contributed by atoms with Crippen LogP contribution in [0.15, 0.2) is 17.0 Å². The maximum atomic E-state index is 12.1. The van der Waals surface area contributed by atoms with Crippen LogP contribution in [0.5, 0.6) is 0 Å². The molecule has 0 unspecified atom stereocenters. The van der Waals surface area contributed by atoms with Gasteiger partial charge in [0.2, 0.25) is 10.0 Å². The fourth-order valence-corrected chi connectivity index (χ4v) is 3.41. The second-order valence-corrected chi connectivity index (χ2v) is 7.21. The van der Waals surface area contributed by atoms with Crippen molar-refractivity contribution in [3.8, 4) is 0 Å². The van der Waals surface area contributed by atoms with Crippen molar-refractivity contribution in [3.63, 3.8) is 0 Å². The number of hydrogen-bond donors (Lipinski definition) is 2. The lowest BCUT2D eigenvalue weighted by molar-refractivity contribution is 0.551. The molecule has 0 bridgehead atoms. The van der Waals surface area contributed by atoms with Gasteiger partial charge in [0.05, 0.1) is 5.02 Å². The quantitative estimate of drug-likeness (QED) is 0.845. The van der Waals surface area contributed by atoms with E-state index in [1.54, 1.807) is 0 Å². The summed E-state index contributed by atoms with van der Waals surface area (Å²) >= 11 is 11.9. The van der Waals surface area contributed by atoms with Crippen molar-refractivity contribution in [2.45, 2.75) is 31.7 Å². The molecule has 1 aromatic rings. The SMILES string of the molecule is CC(C)CCNS(=O)(=O)c1cc(CN)c(Cl)cc1Cl. The monoisotopic (exact) mass is 324 g/mol. The molecule has 0 saturated heterocycles. The molecule has 0 amide bonds. The molecule has 0 saturated carbocycles. The first-order valence-corrected chi connectivity index (χ1v) is 8.19. The Balaban J connectivity index is 3.01. The normalized spacial score (nSPS) is 12.1. The van der Waals surface area contributed by atoms with E-state index in [0.29, 0.717) is 23.0 Å². The summed E-state index contributed by atoms with van der Waals surface area (Å²) in [6.07, 6.45) is 0.758. The standard InChI is InChI=1S/C12H18Cl2N2O2S/c1-8(2)3-4-16-19(17,18)12-5-9(7-15)10(13)6-11(12)14/h5-6,8,16H,3-4,7,15H2,1-2H3. The first-order chi connectivity index (χ1) is 8.77. The molecule has 108 valence electrons. The third-order valence-corrected chi connectivity index (χ3v) is 4.90. The Kier molecular flexibility index (Phi) is 6.08. The van der Waals surface area contributed by atoms with Crippen LogP contribution in [0, 0.1) is 5.92 Å². The van der Waals surface area contributed by atoms with Gasteiger partial charge >= 0.3 is 0 Å². The molecule has 0 aliphatic rings. The smallest absolute Gasteiger partial charge is 0.242 e. The van der Waals surface area contributed by atoms with Gasteiger partial charge in [0.15, 0.2) is 0 Å². The van der Waals surface area contributed by atoms with E-state index >= 15 is 0 Å². The Morgan fingerprint density at radius 1 is 1.26 bits per heavy atom. The molecule has 0 fully saturated rings. The van der Waals surface area contributed by atoms with Crippen LogP contribution in [0.25, 0.3) is 0 Å². The van der Waals surface area contributed by atoms with E-state index in [1.165, 1.54) is 12.1 Å². The molecule has 1 rings (SSSR count). The van der Waals surface area contributed by atoms with Crippen molar-refractivity contribution in [1.29, 1.82) is 0 Å². The summed E-state index contributed by atoms with van der Waals surface area (Å²) in [6, 6.07) is 2.82. The van der Waals surface area contributed by atoms with Crippen LogP contribution in [-0.2, 0) is 16.6 Å². The zero-order chi connectivity index (χ0) is 14.6. The molecule has 3 N–H and O–H groups in total. The minimum absolute atomic E-state index is 0.0165. The van der Waals surface area contributed by atoms with Gasteiger partial charge in [0.1, 0.15) is 4.90 Å². The van der Waals surface area contributed by atoms with Crippen molar-refractivity contribution in [3.05, 3.63) is 27.7 Å². The summed E-state index contributed by atoms with van der Waals surface area (Å²) in [5.41, 5.74) is 6.06. The summed E-state index contributed by atoms with van der Waals surface area (Å²) in [5.74, 6) is 0.419. The average molecular weight is 325 g/mol. The Morgan fingerprint density at radius 3 is 2.42 bits per heavy atom. The van der Waals surface area contributed by atoms with Crippen LogP contribution in [0.3, 0.4) is 0 Å². The van der Waals surface area contributed by atoms with Crippen LogP contribution in [-0.4, -0.2) is 15.0 Å². The highest BCUT2D eigenvalue weighted by molar-refractivity contribution is 7.89. The van der Waals surface area contributed by atoms with E-state index in [-0.39, 0.29) is 16.5 Å². The Labute approximate surface area is 124 Å². The molecule has 4 nitrogen and oxygen atoms in total. The van der Waals surface area contributed by atoms with E-state index in [1.807, 2.05) is 13.8 Å². The van der Waals surface area contributed by atoms with Crippen molar-refractivity contribution in [1.82, 2.24) is 4.72 Å². The Morgan fingerprint density at radius 2 is 1.89 bits per heavy atom. The molecule has 1 aromatic carbocycles. The molecule has 0 spiro atoms. The maximum absolute atomic E-state index is 12.1. The van der Waals surface area contributed by atoms with Crippen LogP contribution in [0.1, 0.15) is 25.8 Å². The van der Waals surface area contributed by atoms with Gasteiger partial charge in [-0.25, -0.2) is 13.1 Å². The van der Waals surface area contributed by atoms with Gasteiger partial charge in [-0.1, -0.05) is 37.0 Å². The highest BCUT2D eigenvalue weighted by Crippen LogP contribution is 2.28. The predicted molar refractivity (Wildman–Crippen MR) is 79.0 cm³/mol. The number of nitrogens with two attached hydrogens (primary N) is 1. The number of hydrogen-bond acceptors (Lipinski definition) is 3. The van der Waals surface area contributed by atoms with Crippen molar-refractivity contribution >= 4 is 33.2 Å². The highest BCUT2D eigenvalue weighted by Gasteiger charge is 2.19. The second-order valence-electron chi connectivity index (χ2n) is 4.66. The first kappa shape index (κ1) is 16.7. The minimum Gasteiger partial charge on any atom is -0.326 e. The predicted octanol–water partition coefficient (Wildman–Crippen LogP) is 2.78. The fraction of sp³-hybridized carbons (Fsp3) is 0.500. The number of benzene rings is 1. The number of sulfonamides is 1. The van der Waals surface area contributed by atoms with Gasteiger partial charge in [-0.15, -0.1) is 0 Å². The lowest BCUT2D eigenvalue weighted by atomic mass is 10.1. The molecule has 7 heteroatoms. The van der Waals surface area contributed by atoms with E-state index in [0.717, 1.165) is 6.42 Å². The van der Waals surface area contributed by atoms with Crippen LogP contribution in [0.4, 0.5) is 0 Å². The zero-order valence-electron chi connectivity index (χ0n) is 10.9. The van der Waals surface area contributed by atoms with Gasteiger partial charge in [-0.2, -0.15) is 0 Å². The van der Waals surface area contributed by atoms with Gasteiger partial charge in [0, 0.05) is 18.1 Å². The minimum atomic E-state index is -3.63. The number of halogens is 2. The summed E-state index contributed by atoms with van der Waals surface area (Å²) in [5, 5.41) is 0.466. The van der Waals surface area contributed by atoms with E-state index < -0.39 is 10.0 Å².